The largest absolute Gasteiger partial charge is 0.503 e. The Labute approximate surface area is 194 Å². The van der Waals surface area contributed by atoms with E-state index in [1.54, 1.807) is 4.90 Å². The average Bonchev–Trinajstić information content (AvgIpc) is 2.75. The van der Waals surface area contributed by atoms with Gasteiger partial charge in [-0.2, -0.15) is 0 Å². The maximum absolute atomic E-state index is 13.9. The normalized spacial score (nSPS) is 22.7. The van der Waals surface area contributed by atoms with Crippen LogP contribution in [0.25, 0.3) is 0 Å². The predicted octanol–water partition coefficient (Wildman–Crippen LogP) is 2.19. The van der Waals surface area contributed by atoms with Gasteiger partial charge in [-0.05, 0) is 32.3 Å². The SMILES string of the molecule is C[C@H]1CCN(C2CCC2)C2Cn3cc(C(=O)NCc4ccc(F)cc4F)c(=O)c(O)c3C(=O)N21. The topological polar surface area (TPSA) is 94.9 Å². The smallest absolute Gasteiger partial charge is 0.276 e. The molecule has 2 amide bonds. The minimum atomic E-state index is -0.962. The molecule has 2 fully saturated rings. The van der Waals surface area contributed by atoms with Gasteiger partial charge in [0.25, 0.3) is 11.8 Å². The molecule has 1 saturated carbocycles. The lowest BCUT2D eigenvalue weighted by molar-refractivity contribution is -0.0661. The number of pyridine rings is 1. The molecule has 2 atom stereocenters. The van der Waals surface area contributed by atoms with Gasteiger partial charge in [-0.15, -0.1) is 0 Å². The minimum absolute atomic E-state index is 0.0364. The molecular formula is C24H26F2N4O4. The number of hydrogen-bond acceptors (Lipinski definition) is 5. The first-order valence-electron chi connectivity index (χ1n) is 11.5. The van der Waals surface area contributed by atoms with Gasteiger partial charge < -0.3 is 19.9 Å². The molecule has 34 heavy (non-hydrogen) atoms. The van der Waals surface area contributed by atoms with E-state index in [1.165, 1.54) is 16.8 Å². The Bertz CT molecular complexity index is 1230. The molecule has 180 valence electrons. The molecule has 2 N–H and O–H groups in total. The summed E-state index contributed by atoms with van der Waals surface area (Å²) in [6.07, 6.45) is 5.18. The summed E-state index contributed by atoms with van der Waals surface area (Å²) in [4.78, 5) is 43.0. The van der Waals surface area contributed by atoms with E-state index < -0.39 is 34.6 Å². The summed E-state index contributed by atoms with van der Waals surface area (Å²) in [6, 6.07) is 3.34. The molecule has 1 aromatic heterocycles. The van der Waals surface area contributed by atoms with E-state index in [9.17, 15) is 28.3 Å². The van der Waals surface area contributed by atoms with Gasteiger partial charge in [0, 0.05) is 43.0 Å². The summed E-state index contributed by atoms with van der Waals surface area (Å²) in [7, 11) is 0. The fraction of sp³-hybridized carbons (Fsp3) is 0.458. The summed E-state index contributed by atoms with van der Waals surface area (Å²) in [5, 5.41) is 13.1. The van der Waals surface area contributed by atoms with Gasteiger partial charge in [0.05, 0.1) is 6.54 Å². The zero-order chi connectivity index (χ0) is 24.1. The Morgan fingerprint density at radius 1 is 1.21 bits per heavy atom. The monoisotopic (exact) mass is 472 g/mol. The summed E-state index contributed by atoms with van der Waals surface area (Å²) in [5.41, 5.74) is -1.38. The second-order valence-electron chi connectivity index (χ2n) is 9.29. The van der Waals surface area contributed by atoms with Crippen molar-refractivity contribution in [3.05, 3.63) is 63.1 Å². The van der Waals surface area contributed by atoms with Gasteiger partial charge in [-0.1, -0.05) is 12.5 Å². The molecule has 1 aromatic carbocycles. The minimum Gasteiger partial charge on any atom is -0.503 e. The van der Waals surface area contributed by atoms with Crippen LogP contribution in [0.5, 0.6) is 5.75 Å². The van der Waals surface area contributed by atoms with Crippen molar-refractivity contribution in [2.75, 3.05) is 6.54 Å². The van der Waals surface area contributed by atoms with Crippen LogP contribution in [-0.4, -0.2) is 56.1 Å². The van der Waals surface area contributed by atoms with Crippen molar-refractivity contribution >= 4 is 11.8 Å². The Hall–Kier alpha value is -3.27. The number of carbonyl (C=O) groups is 2. The van der Waals surface area contributed by atoms with Gasteiger partial charge in [0.15, 0.2) is 11.4 Å². The summed E-state index contributed by atoms with van der Waals surface area (Å²) in [5.74, 6) is -3.57. The number of nitrogens with zero attached hydrogens (tertiary/aromatic N) is 3. The summed E-state index contributed by atoms with van der Waals surface area (Å²) >= 11 is 0. The lowest BCUT2D eigenvalue weighted by Crippen LogP contribution is -2.66. The zero-order valence-corrected chi connectivity index (χ0v) is 18.8. The van der Waals surface area contributed by atoms with Gasteiger partial charge in [-0.25, -0.2) is 8.78 Å². The van der Waals surface area contributed by atoms with Gasteiger partial charge in [0.2, 0.25) is 5.43 Å². The van der Waals surface area contributed by atoms with Crippen LogP contribution in [0.3, 0.4) is 0 Å². The molecule has 1 aliphatic carbocycles. The van der Waals surface area contributed by atoms with Crippen molar-refractivity contribution in [1.82, 2.24) is 19.7 Å². The number of halogens is 2. The highest BCUT2D eigenvalue weighted by atomic mass is 19.1. The average molecular weight is 472 g/mol. The molecule has 1 unspecified atom stereocenters. The number of nitrogens with one attached hydrogen (secondary N) is 1. The van der Waals surface area contributed by atoms with Gasteiger partial charge >= 0.3 is 0 Å². The molecule has 2 aromatic rings. The highest BCUT2D eigenvalue weighted by molar-refractivity contribution is 5.99. The van der Waals surface area contributed by atoms with Crippen LogP contribution in [0.2, 0.25) is 0 Å². The van der Waals surface area contributed by atoms with Gasteiger partial charge in [0.1, 0.15) is 23.4 Å². The first-order chi connectivity index (χ1) is 16.3. The summed E-state index contributed by atoms with van der Waals surface area (Å²) in [6.45, 7) is 2.88. The van der Waals surface area contributed by atoms with Crippen molar-refractivity contribution in [3.63, 3.8) is 0 Å². The number of rotatable bonds is 4. The van der Waals surface area contributed by atoms with Gasteiger partial charge in [-0.3, -0.25) is 19.3 Å². The van der Waals surface area contributed by atoms with Crippen molar-refractivity contribution in [2.45, 2.75) is 63.9 Å². The molecule has 10 heteroatoms. The fourth-order valence-electron chi connectivity index (χ4n) is 5.16. The van der Waals surface area contributed by atoms with Crippen LogP contribution in [0.4, 0.5) is 8.78 Å². The third kappa shape index (κ3) is 3.66. The van der Waals surface area contributed by atoms with E-state index in [-0.39, 0.29) is 35.6 Å². The van der Waals surface area contributed by atoms with Crippen LogP contribution in [0, 0.1) is 11.6 Å². The Morgan fingerprint density at radius 3 is 2.65 bits per heavy atom. The molecule has 0 radical (unpaired) electrons. The first kappa shape index (κ1) is 22.5. The highest BCUT2D eigenvalue weighted by Gasteiger charge is 2.46. The Balaban J connectivity index is 1.45. The molecule has 3 aliphatic rings. The van der Waals surface area contributed by atoms with Crippen LogP contribution in [0.1, 0.15) is 59.0 Å². The molecule has 5 rings (SSSR count). The lowest BCUT2D eigenvalue weighted by Gasteiger charge is -2.54. The quantitative estimate of drug-likeness (QED) is 0.712. The van der Waals surface area contributed by atoms with Crippen molar-refractivity contribution < 1.29 is 23.5 Å². The number of aromatic hydroxyl groups is 1. The summed E-state index contributed by atoms with van der Waals surface area (Å²) < 4.78 is 28.5. The molecule has 3 heterocycles. The molecule has 2 aliphatic heterocycles. The zero-order valence-electron chi connectivity index (χ0n) is 18.8. The molecule has 0 bridgehead atoms. The number of carbonyl (C=O) groups excluding carboxylic acids is 2. The standard InChI is InChI=1S/C24H26F2N4O4/c1-13-7-8-29(16-3-2-4-16)19-12-28-11-17(21(31)22(32)20(28)24(34)30(13)19)23(33)27-10-14-5-6-15(25)9-18(14)26/h5-6,9,11,13,16,19,32H,2-4,7-8,10,12H2,1H3,(H,27,33)/t13-,19?/m0/s1. The second kappa shape index (κ2) is 8.50. The number of hydrogen-bond donors (Lipinski definition) is 2. The number of fused-ring (bicyclic) bond motifs is 2. The molecule has 8 nitrogen and oxygen atoms in total. The van der Waals surface area contributed by atoms with E-state index in [1.807, 2.05) is 6.92 Å². The van der Waals surface area contributed by atoms with E-state index in [2.05, 4.69) is 10.2 Å². The van der Waals surface area contributed by atoms with E-state index in [0.717, 1.165) is 38.3 Å². The third-order valence-corrected chi connectivity index (χ3v) is 7.28. The van der Waals surface area contributed by atoms with Crippen LogP contribution < -0.4 is 10.7 Å². The van der Waals surface area contributed by atoms with Crippen LogP contribution >= 0.6 is 0 Å². The number of aromatic nitrogens is 1. The van der Waals surface area contributed by atoms with E-state index >= 15 is 0 Å². The third-order valence-electron chi connectivity index (χ3n) is 7.28. The molecule has 1 saturated heterocycles. The molecule has 0 spiro atoms. The highest BCUT2D eigenvalue weighted by Crippen LogP contribution is 2.36. The maximum Gasteiger partial charge on any atom is 0.276 e. The first-order valence-corrected chi connectivity index (χ1v) is 11.5. The number of benzene rings is 1. The lowest BCUT2D eigenvalue weighted by atomic mass is 9.89. The molecular weight excluding hydrogens is 446 g/mol. The predicted molar refractivity (Wildman–Crippen MR) is 118 cm³/mol. The van der Waals surface area contributed by atoms with Crippen LogP contribution in [-0.2, 0) is 13.1 Å². The van der Waals surface area contributed by atoms with Crippen molar-refractivity contribution in [1.29, 1.82) is 0 Å². The number of amides is 2. The van der Waals surface area contributed by atoms with Crippen LogP contribution in [0.15, 0.2) is 29.2 Å². The Kier molecular flexibility index (Phi) is 5.63. The Morgan fingerprint density at radius 2 is 1.97 bits per heavy atom. The fourth-order valence-corrected chi connectivity index (χ4v) is 5.16. The van der Waals surface area contributed by atoms with E-state index in [4.69, 9.17) is 0 Å². The maximum atomic E-state index is 13.9. The van der Waals surface area contributed by atoms with E-state index in [0.29, 0.717) is 18.7 Å². The second-order valence-corrected chi connectivity index (χ2v) is 9.29. The van der Waals surface area contributed by atoms with Crippen molar-refractivity contribution in [2.24, 2.45) is 0 Å². The van der Waals surface area contributed by atoms with Crippen molar-refractivity contribution in [3.8, 4) is 5.75 Å².